The summed E-state index contributed by atoms with van der Waals surface area (Å²) in [5.74, 6) is 0.937. The van der Waals surface area contributed by atoms with E-state index in [4.69, 9.17) is 0 Å². The molecule has 1 aliphatic carbocycles. The summed E-state index contributed by atoms with van der Waals surface area (Å²) in [6, 6.07) is 10.5. The summed E-state index contributed by atoms with van der Waals surface area (Å²) in [6.07, 6.45) is 3.35. The second kappa shape index (κ2) is 9.59. The Bertz CT molecular complexity index is 1040. The van der Waals surface area contributed by atoms with E-state index in [0.717, 1.165) is 42.0 Å². The Morgan fingerprint density at radius 2 is 2.09 bits per heavy atom. The third-order valence-electron chi connectivity index (χ3n) is 7.87. The van der Waals surface area contributed by atoms with Gasteiger partial charge < -0.3 is 15.3 Å². The molecule has 2 aromatic rings. The monoisotopic (exact) mass is 464 g/mol. The van der Waals surface area contributed by atoms with Crippen LogP contribution >= 0.6 is 0 Å². The molecule has 3 fully saturated rings. The molecular weight excluding hydrogens is 431 g/mol. The Morgan fingerprint density at radius 1 is 1.26 bits per heavy atom. The molecular formula is C26H33FN6O. The van der Waals surface area contributed by atoms with Gasteiger partial charge in [-0.15, -0.1) is 0 Å². The van der Waals surface area contributed by atoms with Gasteiger partial charge in [0, 0.05) is 50.3 Å². The predicted octanol–water partition coefficient (Wildman–Crippen LogP) is 2.53. The molecule has 2 saturated heterocycles. The summed E-state index contributed by atoms with van der Waals surface area (Å²) in [5, 5.41) is 22.3. The van der Waals surface area contributed by atoms with Crippen molar-refractivity contribution < 1.29 is 9.50 Å². The number of anilines is 1. The lowest BCUT2D eigenvalue weighted by Gasteiger charge is -2.39. The molecule has 34 heavy (non-hydrogen) atoms. The molecule has 5 rings (SSSR count). The number of aryl methyl sites for hydroxylation is 1. The van der Waals surface area contributed by atoms with Gasteiger partial charge in [0.1, 0.15) is 11.6 Å². The Labute approximate surface area is 200 Å². The quantitative estimate of drug-likeness (QED) is 0.522. The zero-order chi connectivity index (χ0) is 23.8. The summed E-state index contributed by atoms with van der Waals surface area (Å²) < 4.78 is 15.3. The predicted molar refractivity (Wildman–Crippen MR) is 128 cm³/mol. The lowest BCUT2D eigenvalue weighted by Crippen LogP contribution is -2.48. The minimum atomic E-state index is -0.232. The van der Waals surface area contributed by atoms with E-state index in [0.29, 0.717) is 24.4 Å². The van der Waals surface area contributed by atoms with Crippen LogP contribution in [0.25, 0.3) is 0 Å². The van der Waals surface area contributed by atoms with Gasteiger partial charge in [-0.25, -0.2) is 14.8 Å². The van der Waals surface area contributed by atoms with E-state index in [9.17, 15) is 10.4 Å². The van der Waals surface area contributed by atoms with Crippen molar-refractivity contribution in [1.82, 2.24) is 21.2 Å². The molecule has 0 bridgehead atoms. The second-order valence-electron chi connectivity index (χ2n) is 10.1. The molecule has 180 valence electrons. The van der Waals surface area contributed by atoms with Gasteiger partial charge in [-0.2, -0.15) is 5.26 Å². The average molecular weight is 465 g/mol. The van der Waals surface area contributed by atoms with Crippen LogP contribution in [0.5, 0.6) is 0 Å². The molecule has 0 amide bonds. The van der Waals surface area contributed by atoms with Crippen molar-refractivity contribution in [3.63, 3.8) is 0 Å². The minimum absolute atomic E-state index is 0.0576. The molecule has 3 aliphatic rings. The molecule has 0 spiro atoms. The number of nitrogens with one attached hydrogen (secondary N) is 3. The van der Waals surface area contributed by atoms with E-state index in [2.05, 4.69) is 38.2 Å². The highest BCUT2D eigenvalue weighted by atomic mass is 19.1. The number of nitrogens with zero attached hydrogens (tertiary/aromatic N) is 3. The molecule has 5 unspecified atom stereocenters. The van der Waals surface area contributed by atoms with Crippen LogP contribution in [-0.2, 0) is 6.54 Å². The number of benzene rings is 1. The molecule has 1 aromatic heterocycles. The molecule has 5 atom stereocenters. The smallest absolute Gasteiger partial charge is 0.128 e. The van der Waals surface area contributed by atoms with Crippen LogP contribution in [0.15, 0.2) is 30.5 Å². The Morgan fingerprint density at radius 3 is 2.74 bits per heavy atom. The lowest BCUT2D eigenvalue weighted by atomic mass is 9.66. The number of aromatic nitrogens is 1. The maximum absolute atomic E-state index is 15.3. The SMILES string of the molecule is CNCc1cc(C)c(C2CC3C(CC2C#N)NNC3c2ccc(N3CC(CO)C3)nc2)c(F)c1. The average Bonchev–Trinajstić information content (AvgIpc) is 3.21. The van der Waals surface area contributed by atoms with Gasteiger partial charge in [0.25, 0.3) is 0 Å². The van der Waals surface area contributed by atoms with E-state index in [-0.39, 0.29) is 42.3 Å². The lowest BCUT2D eigenvalue weighted by molar-refractivity contribution is 0.200. The van der Waals surface area contributed by atoms with Crippen LogP contribution in [0, 0.1) is 41.8 Å². The fraction of sp³-hybridized carbons (Fsp3) is 0.538. The number of aliphatic hydroxyl groups is 1. The van der Waals surface area contributed by atoms with E-state index >= 15 is 4.39 Å². The van der Waals surface area contributed by atoms with Crippen LogP contribution in [0.2, 0.25) is 0 Å². The maximum Gasteiger partial charge on any atom is 0.128 e. The first-order valence-electron chi connectivity index (χ1n) is 12.2. The van der Waals surface area contributed by atoms with Crippen molar-refractivity contribution >= 4 is 5.82 Å². The number of hydrogen-bond acceptors (Lipinski definition) is 7. The van der Waals surface area contributed by atoms with E-state index in [1.165, 1.54) is 0 Å². The highest BCUT2D eigenvalue weighted by Gasteiger charge is 2.46. The van der Waals surface area contributed by atoms with Crippen molar-refractivity contribution in [2.24, 2.45) is 17.8 Å². The highest BCUT2D eigenvalue weighted by Crippen LogP contribution is 2.48. The van der Waals surface area contributed by atoms with Crippen LogP contribution in [0.1, 0.15) is 47.1 Å². The summed E-state index contributed by atoms with van der Waals surface area (Å²) in [5.41, 5.74) is 10.5. The number of pyridine rings is 1. The summed E-state index contributed by atoms with van der Waals surface area (Å²) in [4.78, 5) is 6.85. The fourth-order valence-electron chi connectivity index (χ4n) is 6.11. The minimum Gasteiger partial charge on any atom is -0.396 e. The number of fused-ring (bicyclic) bond motifs is 1. The number of hydrogen-bond donors (Lipinski definition) is 4. The van der Waals surface area contributed by atoms with Gasteiger partial charge in [0.2, 0.25) is 0 Å². The number of nitriles is 1. The first kappa shape index (κ1) is 23.2. The van der Waals surface area contributed by atoms with Crippen molar-refractivity contribution in [3.8, 4) is 6.07 Å². The zero-order valence-electron chi connectivity index (χ0n) is 19.8. The van der Waals surface area contributed by atoms with Crippen LogP contribution in [0.3, 0.4) is 0 Å². The summed E-state index contributed by atoms with van der Waals surface area (Å²) in [7, 11) is 1.85. The molecule has 0 radical (unpaired) electrons. The molecule has 7 nitrogen and oxygen atoms in total. The van der Waals surface area contributed by atoms with Gasteiger partial charge in [-0.1, -0.05) is 12.1 Å². The number of rotatable bonds is 6. The van der Waals surface area contributed by atoms with E-state index in [1.54, 1.807) is 6.07 Å². The second-order valence-corrected chi connectivity index (χ2v) is 10.1. The fourth-order valence-corrected chi connectivity index (χ4v) is 6.11. The summed E-state index contributed by atoms with van der Waals surface area (Å²) >= 11 is 0. The van der Waals surface area contributed by atoms with Crippen molar-refractivity contribution in [3.05, 3.63) is 58.5 Å². The first-order chi connectivity index (χ1) is 16.5. The van der Waals surface area contributed by atoms with Gasteiger partial charge in [-0.05, 0) is 67.1 Å². The van der Waals surface area contributed by atoms with Crippen LogP contribution in [-0.4, -0.2) is 42.9 Å². The van der Waals surface area contributed by atoms with Crippen molar-refractivity contribution in [1.29, 1.82) is 5.26 Å². The third kappa shape index (κ3) is 4.18. The molecule has 2 aliphatic heterocycles. The summed E-state index contributed by atoms with van der Waals surface area (Å²) in [6.45, 7) is 4.48. The van der Waals surface area contributed by atoms with Crippen molar-refractivity contribution in [2.75, 3.05) is 31.6 Å². The molecule has 1 saturated carbocycles. The number of halogens is 1. The van der Waals surface area contributed by atoms with Crippen molar-refractivity contribution in [2.45, 2.75) is 44.3 Å². The van der Waals surface area contributed by atoms with E-state index < -0.39 is 0 Å². The number of aliphatic hydroxyl groups excluding tert-OH is 1. The normalized spacial score (nSPS) is 28.9. The molecule has 3 heterocycles. The highest BCUT2D eigenvalue weighted by molar-refractivity contribution is 5.43. The van der Waals surface area contributed by atoms with Gasteiger partial charge in [-0.3, -0.25) is 5.43 Å². The topological polar surface area (TPSA) is 96.2 Å². The first-order valence-corrected chi connectivity index (χ1v) is 12.2. The largest absolute Gasteiger partial charge is 0.396 e. The third-order valence-corrected chi connectivity index (χ3v) is 7.87. The Kier molecular flexibility index (Phi) is 6.54. The van der Waals surface area contributed by atoms with Gasteiger partial charge in [0.05, 0.1) is 18.0 Å². The Balaban J connectivity index is 1.37. The number of hydrazine groups is 1. The standard InChI is InChI=1S/C26H33FN6O/c1-15-5-16(10-29-2)6-22(27)25(15)20-8-21-23(7-19(20)9-28)31-32-26(21)18-3-4-24(30-11-18)33-12-17(13-33)14-34/h3-6,11,17,19-21,23,26,29,31-32,34H,7-8,10,12-14H2,1-2H3. The van der Waals surface area contributed by atoms with Gasteiger partial charge in [0.15, 0.2) is 0 Å². The maximum atomic E-state index is 15.3. The van der Waals surface area contributed by atoms with E-state index in [1.807, 2.05) is 32.3 Å². The molecule has 8 heteroatoms. The van der Waals surface area contributed by atoms with Crippen LogP contribution in [0.4, 0.5) is 10.2 Å². The van der Waals surface area contributed by atoms with Gasteiger partial charge >= 0.3 is 0 Å². The van der Waals surface area contributed by atoms with Crippen LogP contribution < -0.4 is 21.1 Å². The molecule has 1 aromatic carbocycles. The zero-order valence-corrected chi connectivity index (χ0v) is 19.8. The Hall–Kier alpha value is -2.57. The molecule has 4 N–H and O–H groups in total.